The number of nitrogens with one attached hydrogen (secondary N) is 1. The van der Waals surface area contributed by atoms with Gasteiger partial charge in [0, 0.05) is 5.70 Å². The molecule has 0 radical (unpaired) electrons. The van der Waals surface area contributed by atoms with E-state index in [-0.39, 0.29) is 0 Å². The second-order valence-corrected chi connectivity index (χ2v) is 2.78. The number of hydrogen-bond donors (Lipinski definition) is 1. The summed E-state index contributed by atoms with van der Waals surface area (Å²) in [6, 6.07) is 0. The summed E-state index contributed by atoms with van der Waals surface area (Å²) in [5.41, 5.74) is -0.470. The molecule has 0 aromatic rings. The molecule has 0 aliphatic heterocycles. The van der Waals surface area contributed by atoms with Crippen LogP contribution in [0, 0.1) is 0 Å². The van der Waals surface area contributed by atoms with Crippen molar-refractivity contribution in [1.29, 1.82) is 0 Å². The highest BCUT2D eigenvalue weighted by Gasteiger charge is 2.52. The zero-order valence-electron chi connectivity index (χ0n) is 7.39. The molecule has 0 spiro atoms. The van der Waals surface area contributed by atoms with Crippen molar-refractivity contribution in [2.24, 2.45) is 0 Å². The van der Waals surface area contributed by atoms with Crippen molar-refractivity contribution in [2.45, 2.75) is 32.7 Å². The molecule has 6 heteroatoms. The smallest absolute Gasteiger partial charge is 0.348 e. The Balaban J connectivity index is 4.63. The first-order valence-corrected chi connectivity index (χ1v) is 3.44. The Morgan fingerprint density at radius 2 is 1.46 bits per heavy atom. The summed E-state index contributed by atoms with van der Waals surface area (Å²) >= 11 is 0. The topological polar surface area (TPSA) is 12.0 Å². The molecule has 1 N–H and O–H groups in total. The molecule has 1 atom stereocenters. The van der Waals surface area contributed by atoms with Crippen LogP contribution in [0.1, 0.15) is 20.8 Å². The molecule has 78 valence electrons. The van der Waals surface area contributed by atoms with Crippen LogP contribution in [0.4, 0.5) is 22.0 Å². The van der Waals surface area contributed by atoms with Gasteiger partial charge >= 0.3 is 6.18 Å². The van der Waals surface area contributed by atoms with Gasteiger partial charge in [0.25, 0.3) is 5.79 Å². The van der Waals surface area contributed by atoms with E-state index in [1.807, 2.05) is 0 Å². The second kappa shape index (κ2) is 3.51. The lowest BCUT2D eigenvalue weighted by Crippen LogP contribution is -2.49. The third-order valence-electron chi connectivity index (χ3n) is 1.47. The van der Waals surface area contributed by atoms with Gasteiger partial charge in [0.2, 0.25) is 0 Å². The molecule has 0 aliphatic carbocycles. The molecule has 13 heavy (non-hydrogen) atoms. The summed E-state index contributed by atoms with van der Waals surface area (Å²) in [6.45, 7) is 2.26. The van der Waals surface area contributed by atoms with E-state index >= 15 is 0 Å². The average Bonchev–Trinajstić information content (AvgIpc) is 1.83. The Morgan fingerprint density at radius 3 is 1.69 bits per heavy atom. The van der Waals surface area contributed by atoms with Crippen LogP contribution in [0.3, 0.4) is 0 Å². The van der Waals surface area contributed by atoms with Crippen LogP contribution in [-0.2, 0) is 0 Å². The molecule has 1 nitrogen and oxygen atoms in total. The second-order valence-electron chi connectivity index (χ2n) is 2.78. The van der Waals surface area contributed by atoms with Crippen LogP contribution in [0.2, 0.25) is 0 Å². The van der Waals surface area contributed by atoms with Gasteiger partial charge in [0.15, 0.2) is 0 Å². The SMILES string of the molecule is C/C(F)=C(/C)NC(C)(F)C(F)(F)F. The quantitative estimate of drug-likeness (QED) is 0.537. The van der Waals surface area contributed by atoms with Crippen molar-refractivity contribution >= 4 is 0 Å². The van der Waals surface area contributed by atoms with Gasteiger partial charge in [-0.1, -0.05) is 0 Å². The highest BCUT2D eigenvalue weighted by molar-refractivity contribution is 5.03. The van der Waals surface area contributed by atoms with E-state index in [9.17, 15) is 22.0 Å². The molecular weight excluding hydrogens is 193 g/mol. The lowest BCUT2D eigenvalue weighted by atomic mass is 10.2. The normalized spacial score (nSPS) is 19.1. The first-order chi connectivity index (χ1) is 5.58. The van der Waals surface area contributed by atoms with Crippen LogP contribution in [0.5, 0.6) is 0 Å². The van der Waals surface area contributed by atoms with E-state index in [4.69, 9.17) is 0 Å². The number of halogens is 5. The molecule has 1 unspecified atom stereocenters. The molecule has 0 saturated carbocycles. The molecule has 0 fully saturated rings. The zero-order chi connectivity index (χ0) is 10.9. The minimum Gasteiger partial charge on any atom is -0.348 e. The molecule has 0 aromatic carbocycles. The maximum atomic E-state index is 12.8. The Kier molecular flexibility index (Phi) is 3.29. The summed E-state index contributed by atoms with van der Waals surface area (Å²) < 4.78 is 60.7. The minimum absolute atomic E-state index is 0.291. The van der Waals surface area contributed by atoms with E-state index in [2.05, 4.69) is 0 Å². The van der Waals surface area contributed by atoms with E-state index in [0.717, 1.165) is 13.8 Å². The van der Waals surface area contributed by atoms with Crippen LogP contribution in [0.15, 0.2) is 11.5 Å². The molecule has 0 aliphatic rings. The molecule has 0 rings (SSSR count). The monoisotopic (exact) mass is 203 g/mol. The Bertz CT molecular complexity index is 211. The minimum atomic E-state index is -5.07. The zero-order valence-corrected chi connectivity index (χ0v) is 7.39. The first kappa shape index (κ1) is 12.2. The predicted molar refractivity (Wildman–Crippen MR) is 38.2 cm³/mol. The summed E-state index contributed by atoms with van der Waals surface area (Å²) in [7, 11) is 0. The average molecular weight is 203 g/mol. The summed E-state index contributed by atoms with van der Waals surface area (Å²) in [5, 5.41) is 1.41. The van der Waals surface area contributed by atoms with E-state index in [1.165, 1.54) is 5.32 Å². The number of rotatable bonds is 2. The van der Waals surface area contributed by atoms with Crippen molar-refractivity contribution in [1.82, 2.24) is 5.32 Å². The largest absolute Gasteiger partial charge is 0.441 e. The highest BCUT2D eigenvalue weighted by Crippen LogP contribution is 2.32. The molecule has 0 saturated heterocycles. The fourth-order valence-electron chi connectivity index (χ4n) is 0.509. The Morgan fingerprint density at radius 1 is 1.08 bits per heavy atom. The third kappa shape index (κ3) is 3.20. The maximum Gasteiger partial charge on any atom is 0.441 e. The van der Waals surface area contributed by atoms with E-state index in [1.54, 1.807) is 0 Å². The summed E-state index contributed by atoms with van der Waals surface area (Å²) in [5.74, 6) is -4.49. The van der Waals surface area contributed by atoms with E-state index in [0.29, 0.717) is 6.92 Å². The van der Waals surface area contributed by atoms with Crippen LogP contribution in [0.25, 0.3) is 0 Å². The molecule has 0 aromatic heterocycles. The van der Waals surface area contributed by atoms with Gasteiger partial charge in [0.05, 0.1) is 0 Å². The van der Waals surface area contributed by atoms with Crippen molar-refractivity contribution < 1.29 is 22.0 Å². The van der Waals surface area contributed by atoms with Crippen LogP contribution >= 0.6 is 0 Å². The Labute approximate surface area is 72.6 Å². The lowest BCUT2D eigenvalue weighted by molar-refractivity contribution is -0.232. The number of hydrogen-bond acceptors (Lipinski definition) is 1. The predicted octanol–water partition coefficient (Wildman–Crippen LogP) is 3.04. The van der Waals surface area contributed by atoms with Crippen LogP contribution in [-0.4, -0.2) is 12.0 Å². The lowest BCUT2D eigenvalue weighted by Gasteiger charge is -2.25. The van der Waals surface area contributed by atoms with Crippen molar-refractivity contribution in [3.8, 4) is 0 Å². The van der Waals surface area contributed by atoms with Gasteiger partial charge in [-0.05, 0) is 20.8 Å². The van der Waals surface area contributed by atoms with Gasteiger partial charge in [-0.3, -0.25) is 0 Å². The maximum absolute atomic E-state index is 12.8. The van der Waals surface area contributed by atoms with Gasteiger partial charge in [-0.2, -0.15) is 13.2 Å². The van der Waals surface area contributed by atoms with E-state index < -0.39 is 23.5 Å². The van der Waals surface area contributed by atoms with Gasteiger partial charge in [-0.25, -0.2) is 8.78 Å². The molecule has 0 amide bonds. The number of allylic oxidation sites excluding steroid dienone is 2. The third-order valence-corrected chi connectivity index (χ3v) is 1.47. The first-order valence-electron chi connectivity index (χ1n) is 3.44. The Hall–Kier alpha value is -0.810. The van der Waals surface area contributed by atoms with Gasteiger partial charge < -0.3 is 5.32 Å². The van der Waals surface area contributed by atoms with Gasteiger partial charge in [0.1, 0.15) is 5.83 Å². The van der Waals surface area contributed by atoms with Gasteiger partial charge in [-0.15, -0.1) is 0 Å². The highest BCUT2D eigenvalue weighted by atomic mass is 19.4. The summed E-state index contributed by atoms with van der Waals surface area (Å²) in [6.07, 6.45) is -5.07. The summed E-state index contributed by atoms with van der Waals surface area (Å²) in [4.78, 5) is 0. The molecule has 0 bridgehead atoms. The fourth-order valence-corrected chi connectivity index (χ4v) is 0.509. The van der Waals surface area contributed by atoms with Crippen molar-refractivity contribution in [2.75, 3.05) is 0 Å². The standard InChI is InChI=1S/C7H10F5N/c1-4(8)5(2)13-6(3,9)7(10,11)12/h13H,1-3H3/b5-4+. The molecule has 0 heterocycles. The van der Waals surface area contributed by atoms with Crippen molar-refractivity contribution in [3.63, 3.8) is 0 Å². The van der Waals surface area contributed by atoms with Crippen molar-refractivity contribution in [3.05, 3.63) is 11.5 Å². The molecular formula is C7H10F5N. The van der Waals surface area contributed by atoms with Crippen LogP contribution < -0.4 is 5.32 Å². The number of alkyl halides is 4. The fraction of sp³-hybridized carbons (Fsp3) is 0.714.